The van der Waals surface area contributed by atoms with Crippen LogP contribution in [0.4, 0.5) is 34.1 Å². The summed E-state index contributed by atoms with van der Waals surface area (Å²) in [6, 6.07) is 94.9. The van der Waals surface area contributed by atoms with Crippen LogP contribution in [0, 0.1) is 0 Å². The molecule has 0 spiro atoms. The van der Waals surface area contributed by atoms with Gasteiger partial charge in [0.15, 0.2) is 0 Å². The van der Waals surface area contributed by atoms with E-state index in [9.17, 15) is 0 Å². The van der Waals surface area contributed by atoms with E-state index in [1.54, 1.807) is 0 Å². The summed E-state index contributed by atoms with van der Waals surface area (Å²) in [6.45, 7) is 42.6. The summed E-state index contributed by atoms with van der Waals surface area (Å²) in [5, 5.41) is 0. The third-order valence-electron chi connectivity index (χ3n) is 22.2. The van der Waals surface area contributed by atoms with E-state index in [-0.39, 0.29) is 18.5 Å². The van der Waals surface area contributed by atoms with Crippen LogP contribution in [0.2, 0.25) is 0 Å². The molecule has 0 saturated carbocycles. The number of rotatable bonds is 18. The molecule has 2 nitrogen and oxygen atoms in total. The van der Waals surface area contributed by atoms with Crippen LogP contribution in [0.15, 0.2) is 243 Å². The molecular weight excluding hydrogens is 1230 g/mol. The fourth-order valence-corrected chi connectivity index (χ4v) is 16.6. The molecule has 512 valence electrons. The molecule has 3 heteroatoms. The number of benzene rings is 12. The maximum atomic E-state index is 2.74. The van der Waals surface area contributed by atoms with Crippen molar-refractivity contribution in [3.63, 3.8) is 0 Å². The predicted molar refractivity (Wildman–Crippen MR) is 445 cm³/mol. The van der Waals surface area contributed by atoms with Crippen molar-refractivity contribution in [1.29, 1.82) is 0 Å². The van der Waals surface area contributed by atoms with Crippen molar-refractivity contribution >= 4 is 57.2 Å². The average Bonchev–Trinajstić information content (AvgIpc) is 0.688. The van der Waals surface area contributed by atoms with Crippen molar-refractivity contribution in [2.75, 3.05) is 9.80 Å². The summed E-state index contributed by atoms with van der Waals surface area (Å²) in [7, 11) is 0. The number of nitrogens with zero attached hydrogens (tertiary/aromatic N) is 2. The van der Waals surface area contributed by atoms with Gasteiger partial charge in [-0.25, -0.2) is 0 Å². The fraction of sp³-hybridized carbons (Fsp3) is 0.273. The average molecular weight is 1330 g/mol. The van der Waals surface area contributed by atoms with Gasteiger partial charge < -0.3 is 9.80 Å². The van der Waals surface area contributed by atoms with Crippen molar-refractivity contribution in [3.05, 3.63) is 293 Å². The highest BCUT2D eigenvalue weighted by molar-refractivity contribution is 7.00. The van der Waals surface area contributed by atoms with E-state index >= 15 is 0 Å². The highest BCUT2D eigenvalue weighted by Crippen LogP contribution is 2.55. The van der Waals surface area contributed by atoms with Gasteiger partial charge in [0.25, 0.3) is 6.71 Å². The Morgan fingerprint density at radius 1 is 0.225 bits per heavy atom. The molecule has 0 bridgehead atoms. The number of hydrogen-bond acceptors (Lipinski definition) is 2. The molecular formula is C99H103BN2. The molecule has 2 aliphatic rings. The monoisotopic (exact) mass is 1330 g/mol. The molecule has 0 aliphatic carbocycles. The minimum Gasteiger partial charge on any atom is -0.311 e. The Kier molecular flexibility index (Phi) is 19.2. The van der Waals surface area contributed by atoms with Gasteiger partial charge in [0, 0.05) is 39.6 Å². The molecule has 0 radical (unpaired) electrons. The maximum Gasteiger partial charge on any atom is 0.252 e. The van der Waals surface area contributed by atoms with Gasteiger partial charge in [-0.2, -0.15) is 0 Å². The van der Waals surface area contributed by atoms with Gasteiger partial charge in [-0.05, 0) is 235 Å². The Morgan fingerprint density at radius 2 is 0.539 bits per heavy atom. The first-order valence-corrected chi connectivity index (χ1v) is 38.2. The third kappa shape index (κ3) is 12.7. The smallest absolute Gasteiger partial charge is 0.252 e. The highest BCUT2D eigenvalue weighted by Gasteiger charge is 2.46. The van der Waals surface area contributed by atoms with Gasteiger partial charge in [-0.15, -0.1) is 0 Å². The van der Waals surface area contributed by atoms with Crippen LogP contribution in [-0.4, -0.2) is 6.71 Å². The Balaban J connectivity index is 1.18. The van der Waals surface area contributed by atoms with Gasteiger partial charge in [-0.1, -0.05) is 319 Å². The second-order valence-corrected chi connectivity index (χ2v) is 32.1. The molecule has 2 aliphatic heterocycles. The summed E-state index contributed by atoms with van der Waals surface area (Å²) >= 11 is 0. The lowest BCUT2D eigenvalue weighted by molar-refractivity contribution is 0.807. The molecule has 0 N–H and O–H groups in total. The molecule has 12 aromatic carbocycles. The summed E-state index contributed by atoms with van der Waals surface area (Å²) < 4.78 is 0. The SMILES string of the molecule is CC(C)c1cc(C(C)C)c(-c2ccc(N3c4ccc(-c5c(C(C)C)cc(C(C)C)cc5C(C)C)cc4B4c5cc(-c6ccccc6)ccc5N(c5c(-c6ccccc6)cc(-c6ccccc6)cc5-c5ccccc5)c5cc(-c6c(C(C)C)cc(C(C)C)cc6C(C)C)cc3c54)cc2)c(C(C)C)c1. The highest BCUT2D eigenvalue weighted by atomic mass is 15.2. The largest absolute Gasteiger partial charge is 0.311 e. The van der Waals surface area contributed by atoms with Crippen molar-refractivity contribution in [2.45, 2.75) is 178 Å². The van der Waals surface area contributed by atoms with E-state index in [0.717, 1.165) is 22.5 Å². The number of fused-ring (bicyclic) bond motifs is 4. The molecule has 2 heterocycles. The zero-order valence-corrected chi connectivity index (χ0v) is 63.8. The summed E-state index contributed by atoms with van der Waals surface area (Å²) in [5.41, 5.74) is 40.8. The van der Waals surface area contributed by atoms with Gasteiger partial charge in [0.1, 0.15) is 0 Å². The molecule has 14 rings (SSSR count). The van der Waals surface area contributed by atoms with E-state index < -0.39 is 0 Å². The first-order valence-electron chi connectivity index (χ1n) is 38.2. The van der Waals surface area contributed by atoms with Gasteiger partial charge in [0.2, 0.25) is 0 Å². The molecule has 12 aromatic rings. The minimum absolute atomic E-state index is 0.201. The lowest BCUT2D eigenvalue weighted by Crippen LogP contribution is -2.61. The Labute approximate surface area is 611 Å². The second-order valence-electron chi connectivity index (χ2n) is 32.1. The summed E-state index contributed by atoms with van der Waals surface area (Å²) in [6.07, 6.45) is 0. The normalized spacial score (nSPS) is 12.8. The van der Waals surface area contributed by atoms with E-state index in [1.807, 2.05) is 0 Å². The zero-order chi connectivity index (χ0) is 71.7. The predicted octanol–water partition coefficient (Wildman–Crippen LogP) is 27.5. The number of hydrogen-bond donors (Lipinski definition) is 0. The molecule has 0 atom stereocenters. The summed E-state index contributed by atoms with van der Waals surface area (Å²) in [5.74, 6) is 2.95. The van der Waals surface area contributed by atoms with E-state index in [2.05, 4.69) is 377 Å². The molecule has 0 fully saturated rings. The molecule has 0 aromatic heterocycles. The van der Waals surface area contributed by atoms with Crippen molar-refractivity contribution in [3.8, 4) is 77.9 Å². The Bertz CT molecular complexity index is 4920. The van der Waals surface area contributed by atoms with Crippen LogP contribution in [0.1, 0.15) is 228 Å². The van der Waals surface area contributed by atoms with E-state index in [0.29, 0.717) is 41.4 Å². The van der Waals surface area contributed by atoms with Crippen molar-refractivity contribution in [2.24, 2.45) is 0 Å². The maximum absolute atomic E-state index is 2.74. The van der Waals surface area contributed by atoms with E-state index in [4.69, 9.17) is 0 Å². The van der Waals surface area contributed by atoms with Crippen molar-refractivity contribution < 1.29 is 0 Å². The fourth-order valence-electron chi connectivity index (χ4n) is 16.6. The lowest BCUT2D eigenvalue weighted by Gasteiger charge is -2.45. The topological polar surface area (TPSA) is 6.48 Å². The lowest BCUT2D eigenvalue weighted by atomic mass is 9.33. The molecule has 102 heavy (non-hydrogen) atoms. The molecule has 0 saturated heterocycles. The van der Waals surface area contributed by atoms with Crippen LogP contribution in [0.3, 0.4) is 0 Å². The van der Waals surface area contributed by atoms with Gasteiger partial charge >= 0.3 is 0 Å². The van der Waals surface area contributed by atoms with Crippen LogP contribution in [-0.2, 0) is 0 Å². The van der Waals surface area contributed by atoms with Crippen LogP contribution in [0.5, 0.6) is 0 Å². The zero-order valence-electron chi connectivity index (χ0n) is 63.8. The second kappa shape index (κ2) is 28.3. The van der Waals surface area contributed by atoms with Crippen LogP contribution >= 0.6 is 0 Å². The molecule has 0 unspecified atom stereocenters. The Hall–Kier alpha value is -9.70. The standard InChI is InChI=1S/C99H103BN2/c1-59(2)75-47-81(62(7)8)95(82(48-75)63(9)10)72-39-43-80(44-40-72)101-91-46-42-74(96-83(64(11)12)49-76(60(3)4)50-84(96)65(13)14)56-90(91)100-89-55-73(68-31-23-19-24-32-68)41-45-92(89)102(94-58-79(57-93(101)98(94)100)97-85(66(15)16)51-77(61(5)6)52-86(97)67(17)18)99-87(70-35-27-21-28-36-70)53-78(69-33-25-20-26-34-69)54-88(99)71-37-29-22-30-38-71/h19-67H,1-18H3. The number of anilines is 6. The molecule has 0 amide bonds. The van der Waals surface area contributed by atoms with Crippen LogP contribution in [0.25, 0.3) is 77.9 Å². The van der Waals surface area contributed by atoms with E-state index in [1.165, 1.54) is 156 Å². The first-order chi connectivity index (χ1) is 49.1. The minimum atomic E-state index is -0.201. The van der Waals surface area contributed by atoms with Crippen LogP contribution < -0.4 is 26.2 Å². The summed E-state index contributed by atoms with van der Waals surface area (Å²) in [4.78, 5) is 5.43. The first kappa shape index (κ1) is 69.4. The van der Waals surface area contributed by atoms with Crippen molar-refractivity contribution in [1.82, 2.24) is 0 Å². The third-order valence-corrected chi connectivity index (χ3v) is 22.2. The quantitative estimate of drug-likeness (QED) is 0.0790. The van der Waals surface area contributed by atoms with Gasteiger partial charge in [-0.3, -0.25) is 0 Å². The van der Waals surface area contributed by atoms with Gasteiger partial charge in [0.05, 0.1) is 5.69 Å². The Morgan fingerprint density at radius 3 is 0.922 bits per heavy atom.